The molecule has 3 rings (SSSR count). The van der Waals surface area contributed by atoms with Crippen molar-refractivity contribution < 1.29 is 4.79 Å². The minimum atomic E-state index is 0.279. The van der Waals surface area contributed by atoms with Crippen LogP contribution in [0.3, 0.4) is 0 Å². The zero-order valence-electron chi connectivity index (χ0n) is 16.8. The monoisotopic (exact) mass is 349 g/mol. The van der Waals surface area contributed by atoms with Crippen LogP contribution >= 0.6 is 0 Å². The third-order valence-corrected chi connectivity index (χ3v) is 6.94. The third kappa shape index (κ3) is 5.19. The zero-order chi connectivity index (χ0) is 17.8. The van der Waals surface area contributed by atoms with E-state index in [2.05, 4.69) is 35.5 Å². The van der Waals surface area contributed by atoms with Crippen LogP contribution in [0.25, 0.3) is 0 Å². The topological polar surface area (TPSA) is 26.8 Å². The Morgan fingerprint density at radius 2 is 1.48 bits per heavy atom. The maximum absolute atomic E-state index is 12.9. The van der Waals surface area contributed by atoms with Crippen LogP contribution in [-0.2, 0) is 4.79 Å². The van der Waals surface area contributed by atoms with E-state index in [1.54, 1.807) is 0 Å². The molecule has 4 nitrogen and oxygen atoms in total. The molecule has 0 N–H and O–H groups in total. The number of rotatable bonds is 4. The molecule has 2 heterocycles. The van der Waals surface area contributed by atoms with Gasteiger partial charge in [-0.1, -0.05) is 19.8 Å². The summed E-state index contributed by atoms with van der Waals surface area (Å²) in [5.74, 6) is 2.56. The van der Waals surface area contributed by atoms with E-state index in [9.17, 15) is 4.79 Å². The van der Waals surface area contributed by atoms with Gasteiger partial charge in [-0.05, 0) is 64.5 Å². The summed E-state index contributed by atoms with van der Waals surface area (Å²) in [5.41, 5.74) is 0. The molecule has 3 aliphatic rings. The van der Waals surface area contributed by atoms with Crippen LogP contribution in [0.2, 0.25) is 0 Å². The van der Waals surface area contributed by atoms with Crippen LogP contribution in [0.1, 0.15) is 59.3 Å². The number of likely N-dealkylation sites (tertiary alicyclic amines) is 1. The molecule has 25 heavy (non-hydrogen) atoms. The Kier molecular flexibility index (Phi) is 6.79. The molecule has 0 aromatic rings. The van der Waals surface area contributed by atoms with E-state index in [0.29, 0.717) is 11.9 Å². The third-order valence-electron chi connectivity index (χ3n) is 6.94. The van der Waals surface area contributed by atoms with Gasteiger partial charge in [0.25, 0.3) is 0 Å². The summed E-state index contributed by atoms with van der Waals surface area (Å²) in [4.78, 5) is 20.1. The first-order valence-electron chi connectivity index (χ1n) is 10.8. The van der Waals surface area contributed by atoms with E-state index in [1.807, 2.05) is 0 Å². The molecule has 0 bridgehead atoms. The molecule has 2 saturated heterocycles. The normalized spacial score (nSPS) is 30.8. The van der Waals surface area contributed by atoms with Crippen LogP contribution in [0.5, 0.6) is 0 Å². The van der Waals surface area contributed by atoms with E-state index in [0.717, 1.165) is 63.9 Å². The molecule has 0 aromatic heterocycles. The summed E-state index contributed by atoms with van der Waals surface area (Å²) >= 11 is 0. The van der Waals surface area contributed by atoms with Crippen molar-refractivity contribution >= 4 is 5.91 Å². The minimum absolute atomic E-state index is 0.279. The molecule has 1 saturated carbocycles. The first-order chi connectivity index (χ1) is 12.0. The van der Waals surface area contributed by atoms with Crippen LogP contribution in [0, 0.1) is 17.8 Å². The van der Waals surface area contributed by atoms with Gasteiger partial charge in [0.05, 0.1) is 0 Å². The van der Waals surface area contributed by atoms with E-state index in [1.165, 1.54) is 32.2 Å². The summed E-state index contributed by atoms with van der Waals surface area (Å²) in [6, 6.07) is 0.613. The van der Waals surface area contributed by atoms with Crippen LogP contribution < -0.4 is 0 Å². The maximum atomic E-state index is 12.9. The largest absolute Gasteiger partial charge is 0.340 e. The van der Waals surface area contributed by atoms with Gasteiger partial charge in [-0.15, -0.1) is 0 Å². The lowest BCUT2D eigenvalue weighted by Gasteiger charge is -2.40. The number of piperazine rings is 1. The van der Waals surface area contributed by atoms with Crippen LogP contribution in [0.15, 0.2) is 0 Å². The maximum Gasteiger partial charge on any atom is 0.225 e. The fourth-order valence-electron chi connectivity index (χ4n) is 4.95. The number of amides is 1. The fraction of sp³-hybridized carbons (Fsp3) is 0.952. The number of piperidine rings is 1. The van der Waals surface area contributed by atoms with Gasteiger partial charge in [0.15, 0.2) is 0 Å². The van der Waals surface area contributed by atoms with Crippen molar-refractivity contribution in [1.29, 1.82) is 0 Å². The summed E-state index contributed by atoms with van der Waals surface area (Å²) in [6.45, 7) is 14.4. The molecule has 0 atom stereocenters. The average Bonchev–Trinajstić information content (AvgIpc) is 2.64. The van der Waals surface area contributed by atoms with Crippen molar-refractivity contribution in [1.82, 2.24) is 14.7 Å². The summed E-state index contributed by atoms with van der Waals surface area (Å²) in [6.07, 6.45) is 7.76. The number of hydrogen-bond donors (Lipinski definition) is 0. The van der Waals surface area contributed by atoms with Crippen molar-refractivity contribution in [3.05, 3.63) is 0 Å². The molecule has 1 aliphatic carbocycles. The molecule has 144 valence electrons. The number of nitrogens with zero attached hydrogens (tertiary/aromatic N) is 3. The van der Waals surface area contributed by atoms with E-state index >= 15 is 0 Å². The molecule has 4 heteroatoms. The van der Waals surface area contributed by atoms with Gasteiger partial charge in [0.1, 0.15) is 0 Å². The Morgan fingerprint density at radius 1 is 0.880 bits per heavy atom. The molecule has 1 amide bonds. The molecular formula is C21H39N3O. The smallest absolute Gasteiger partial charge is 0.225 e. The SMILES string of the molecule is CC1CCC(CN2CCN(C(=O)C3CCN(C(C)C)CC3)CC2)CC1. The van der Waals surface area contributed by atoms with Gasteiger partial charge in [-0.3, -0.25) is 9.69 Å². The standard InChI is InChI=1S/C21H39N3O/c1-17(2)23-10-8-20(9-11-23)21(25)24-14-12-22(13-15-24)16-19-6-4-18(3)5-7-19/h17-20H,4-16H2,1-3H3. The van der Waals surface area contributed by atoms with Crippen molar-refractivity contribution in [2.75, 3.05) is 45.8 Å². The van der Waals surface area contributed by atoms with Crippen molar-refractivity contribution in [3.8, 4) is 0 Å². The Labute approximate surface area is 154 Å². The highest BCUT2D eigenvalue weighted by molar-refractivity contribution is 5.79. The number of hydrogen-bond acceptors (Lipinski definition) is 3. The molecule has 2 aliphatic heterocycles. The number of carbonyl (C=O) groups is 1. The molecular weight excluding hydrogens is 310 g/mol. The van der Waals surface area contributed by atoms with Gasteiger partial charge in [0.2, 0.25) is 5.91 Å². The molecule has 3 fully saturated rings. The highest BCUT2D eigenvalue weighted by Gasteiger charge is 2.31. The highest BCUT2D eigenvalue weighted by Crippen LogP contribution is 2.29. The van der Waals surface area contributed by atoms with Crippen LogP contribution in [-0.4, -0.2) is 72.5 Å². The van der Waals surface area contributed by atoms with Gasteiger partial charge < -0.3 is 9.80 Å². The summed E-state index contributed by atoms with van der Waals surface area (Å²) < 4.78 is 0. The van der Waals surface area contributed by atoms with Gasteiger partial charge >= 0.3 is 0 Å². The predicted octanol–water partition coefficient (Wildman–Crippen LogP) is 3.08. The highest BCUT2D eigenvalue weighted by atomic mass is 16.2. The molecule has 0 aromatic carbocycles. The predicted molar refractivity (Wildman–Crippen MR) is 104 cm³/mol. The second-order valence-electron chi connectivity index (χ2n) is 9.16. The second-order valence-corrected chi connectivity index (χ2v) is 9.16. The minimum Gasteiger partial charge on any atom is -0.340 e. The Bertz CT molecular complexity index is 415. The van der Waals surface area contributed by atoms with E-state index in [4.69, 9.17) is 0 Å². The molecule has 0 radical (unpaired) electrons. The zero-order valence-corrected chi connectivity index (χ0v) is 16.8. The van der Waals surface area contributed by atoms with E-state index < -0.39 is 0 Å². The first kappa shape index (κ1) is 19.2. The molecule has 0 spiro atoms. The number of carbonyl (C=O) groups excluding carboxylic acids is 1. The summed E-state index contributed by atoms with van der Waals surface area (Å²) in [5, 5.41) is 0. The first-order valence-corrected chi connectivity index (χ1v) is 10.8. The van der Waals surface area contributed by atoms with Gasteiger partial charge in [-0.25, -0.2) is 0 Å². The quantitative estimate of drug-likeness (QED) is 0.780. The second kappa shape index (κ2) is 8.85. The van der Waals surface area contributed by atoms with Crippen molar-refractivity contribution in [3.63, 3.8) is 0 Å². The van der Waals surface area contributed by atoms with Crippen molar-refractivity contribution in [2.24, 2.45) is 17.8 Å². The Balaban J connectivity index is 1.38. The van der Waals surface area contributed by atoms with Crippen molar-refractivity contribution in [2.45, 2.75) is 65.3 Å². The Morgan fingerprint density at radius 3 is 2.04 bits per heavy atom. The lowest BCUT2D eigenvalue weighted by molar-refractivity contribution is -0.139. The van der Waals surface area contributed by atoms with Gasteiger partial charge in [0, 0.05) is 44.7 Å². The Hall–Kier alpha value is -0.610. The van der Waals surface area contributed by atoms with Gasteiger partial charge in [-0.2, -0.15) is 0 Å². The fourth-order valence-corrected chi connectivity index (χ4v) is 4.95. The average molecular weight is 350 g/mol. The van der Waals surface area contributed by atoms with Crippen LogP contribution in [0.4, 0.5) is 0 Å². The van der Waals surface area contributed by atoms with E-state index in [-0.39, 0.29) is 5.92 Å². The summed E-state index contributed by atoms with van der Waals surface area (Å²) in [7, 11) is 0. The lowest BCUT2D eigenvalue weighted by Crippen LogP contribution is -2.52. The molecule has 0 unspecified atom stereocenters. The lowest BCUT2D eigenvalue weighted by atomic mass is 9.83.